The average Bonchev–Trinajstić information content (AvgIpc) is 2.62. The van der Waals surface area contributed by atoms with Crippen molar-refractivity contribution in [3.05, 3.63) is 18.3 Å². The van der Waals surface area contributed by atoms with Gasteiger partial charge in [0.2, 0.25) is 0 Å². The van der Waals surface area contributed by atoms with E-state index in [4.69, 9.17) is 0 Å². The quantitative estimate of drug-likeness (QED) is 0.837. The lowest BCUT2D eigenvalue weighted by Crippen LogP contribution is -2.24. The lowest BCUT2D eigenvalue weighted by Gasteiger charge is -2.21. The molecule has 0 amide bonds. The minimum Gasteiger partial charge on any atom is -0.382 e. The number of nitrogens with one attached hydrogen (secondary N) is 2. The average molecular weight is 233 g/mol. The molecule has 3 unspecified atom stereocenters. The van der Waals surface area contributed by atoms with Crippen LogP contribution in [-0.2, 0) is 0 Å². The predicted octanol–water partition coefficient (Wildman–Crippen LogP) is 3.36. The van der Waals surface area contributed by atoms with E-state index in [2.05, 4.69) is 48.5 Å². The third-order valence-electron chi connectivity index (χ3n) is 3.94. The first-order valence-electron chi connectivity index (χ1n) is 6.67. The van der Waals surface area contributed by atoms with Crippen molar-refractivity contribution >= 4 is 11.5 Å². The first-order chi connectivity index (χ1) is 8.20. The maximum Gasteiger partial charge on any atom is 0.127 e. The fourth-order valence-electron chi connectivity index (χ4n) is 2.58. The van der Waals surface area contributed by atoms with Crippen molar-refractivity contribution in [3.63, 3.8) is 0 Å². The van der Waals surface area contributed by atoms with Gasteiger partial charge in [-0.1, -0.05) is 13.8 Å². The van der Waals surface area contributed by atoms with E-state index in [1.54, 1.807) is 0 Å². The van der Waals surface area contributed by atoms with Crippen molar-refractivity contribution < 1.29 is 0 Å². The molecule has 0 bridgehead atoms. The Balaban J connectivity index is 2.01. The summed E-state index contributed by atoms with van der Waals surface area (Å²) in [5.74, 6) is 2.55. The summed E-state index contributed by atoms with van der Waals surface area (Å²) in [5.41, 5.74) is 1.18. The topological polar surface area (TPSA) is 37.0 Å². The summed E-state index contributed by atoms with van der Waals surface area (Å²) in [6.07, 6.45) is 4.48. The van der Waals surface area contributed by atoms with Crippen LogP contribution in [0.5, 0.6) is 0 Å². The molecule has 1 fully saturated rings. The number of rotatable bonds is 4. The van der Waals surface area contributed by atoms with Gasteiger partial charge in [0.15, 0.2) is 0 Å². The summed E-state index contributed by atoms with van der Waals surface area (Å²) in [7, 11) is 0. The number of hydrogen-bond donors (Lipinski definition) is 2. The Labute approximate surface area is 104 Å². The molecule has 3 nitrogen and oxygen atoms in total. The Hall–Kier alpha value is -1.25. The molecule has 1 heterocycles. The standard InChI is InChI=1S/C14H23N3/c1-4-15-14-9-12(7-8-16-14)17-13-6-5-10(2)11(13)3/h7-11,13H,4-6H2,1-3H3,(H2,15,16,17). The lowest BCUT2D eigenvalue weighted by atomic mass is 9.98. The SMILES string of the molecule is CCNc1cc(NC2CCC(C)C2C)ccn1. The maximum atomic E-state index is 4.29. The highest BCUT2D eigenvalue weighted by atomic mass is 15.0. The van der Waals surface area contributed by atoms with E-state index in [0.29, 0.717) is 6.04 Å². The van der Waals surface area contributed by atoms with Gasteiger partial charge >= 0.3 is 0 Å². The lowest BCUT2D eigenvalue weighted by molar-refractivity contribution is 0.435. The van der Waals surface area contributed by atoms with Gasteiger partial charge in [0.1, 0.15) is 5.82 Å². The van der Waals surface area contributed by atoms with Gasteiger partial charge in [0, 0.05) is 30.5 Å². The molecule has 1 aromatic heterocycles. The van der Waals surface area contributed by atoms with Gasteiger partial charge in [0.25, 0.3) is 0 Å². The molecular formula is C14H23N3. The Kier molecular flexibility index (Phi) is 3.87. The van der Waals surface area contributed by atoms with Crippen molar-refractivity contribution in [1.82, 2.24) is 4.98 Å². The summed E-state index contributed by atoms with van der Waals surface area (Å²) < 4.78 is 0. The molecular weight excluding hydrogens is 210 g/mol. The van der Waals surface area contributed by atoms with Crippen molar-refractivity contribution in [2.75, 3.05) is 17.2 Å². The highest BCUT2D eigenvalue weighted by molar-refractivity contribution is 5.52. The van der Waals surface area contributed by atoms with Crippen molar-refractivity contribution in [3.8, 4) is 0 Å². The van der Waals surface area contributed by atoms with E-state index in [1.807, 2.05) is 6.20 Å². The number of nitrogens with zero attached hydrogens (tertiary/aromatic N) is 1. The van der Waals surface area contributed by atoms with Crippen LogP contribution in [0.25, 0.3) is 0 Å². The van der Waals surface area contributed by atoms with Crippen LogP contribution in [0.1, 0.15) is 33.6 Å². The number of anilines is 2. The number of hydrogen-bond acceptors (Lipinski definition) is 3. The zero-order chi connectivity index (χ0) is 12.3. The van der Waals surface area contributed by atoms with E-state index in [1.165, 1.54) is 18.5 Å². The molecule has 94 valence electrons. The Morgan fingerprint density at radius 1 is 1.35 bits per heavy atom. The molecule has 2 rings (SSSR count). The molecule has 0 spiro atoms. The normalized spacial score (nSPS) is 28.1. The first-order valence-corrected chi connectivity index (χ1v) is 6.67. The van der Waals surface area contributed by atoms with Gasteiger partial charge in [-0.25, -0.2) is 4.98 Å². The van der Waals surface area contributed by atoms with Crippen LogP contribution in [0.4, 0.5) is 11.5 Å². The second kappa shape index (κ2) is 5.39. The minimum absolute atomic E-state index is 0.613. The second-order valence-electron chi connectivity index (χ2n) is 5.12. The fourth-order valence-corrected chi connectivity index (χ4v) is 2.58. The van der Waals surface area contributed by atoms with E-state index < -0.39 is 0 Å². The third-order valence-corrected chi connectivity index (χ3v) is 3.94. The van der Waals surface area contributed by atoms with E-state index in [9.17, 15) is 0 Å². The van der Waals surface area contributed by atoms with Gasteiger partial charge < -0.3 is 10.6 Å². The van der Waals surface area contributed by atoms with Gasteiger partial charge in [0.05, 0.1) is 0 Å². The van der Waals surface area contributed by atoms with Crippen LogP contribution >= 0.6 is 0 Å². The van der Waals surface area contributed by atoms with Crippen LogP contribution in [0.3, 0.4) is 0 Å². The largest absolute Gasteiger partial charge is 0.382 e. The molecule has 2 N–H and O–H groups in total. The van der Waals surface area contributed by atoms with E-state index in [-0.39, 0.29) is 0 Å². The minimum atomic E-state index is 0.613. The van der Waals surface area contributed by atoms with Gasteiger partial charge in [-0.05, 0) is 37.7 Å². The number of pyridine rings is 1. The molecule has 1 aliphatic carbocycles. The Bertz CT molecular complexity index is 364. The van der Waals surface area contributed by atoms with Crippen molar-refractivity contribution in [2.24, 2.45) is 11.8 Å². The molecule has 17 heavy (non-hydrogen) atoms. The summed E-state index contributed by atoms with van der Waals surface area (Å²) in [6.45, 7) is 7.69. The zero-order valence-corrected chi connectivity index (χ0v) is 11.0. The summed E-state index contributed by atoms with van der Waals surface area (Å²) in [4.78, 5) is 4.29. The fraction of sp³-hybridized carbons (Fsp3) is 0.643. The van der Waals surface area contributed by atoms with Crippen LogP contribution < -0.4 is 10.6 Å². The van der Waals surface area contributed by atoms with Crippen molar-refractivity contribution in [2.45, 2.75) is 39.7 Å². The summed E-state index contributed by atoms with van der Waals surface area (Å²) in [6, 6.07) is 4.76. The van der Waals surface area contributed by atoms with Crippen LogP contribution in [0, 0.1) is 11.8 Å². The highest BCUT2D eigenvalue weighted by Crippen LogP contribution is 2.33. The molecule has 1 saturated carbocycles. The van der Waals surface area contributed by atoms with Crippen LogP contribution in [0.2, 0.25) is 0 Å². The van der Waals surface area contributed by atoms with Gasteiger partial charge in [-0.2, -0.15) is 0 Å². The molecule has 0 radical (unpaired) electrons. The second-order valence-corrected chi connectivity index (χ2v) is 5.12. The maximum absolute atomic E-state index is 4.29. The molecule has 0 aromatic carbocycles. The first kappa shape index (κ1) is 12.2. The summed E-state index contributed by atoms with van der Waals surface area (Å²) >= 11 is 0. The monoisotopic (exact) mass is 233 g/mol. The Morgan fingerprint density at radius 3 is 2.82 bits per heavy atom. The zero-order valence-electron chi connectivity index (χ0n) is 11.0. The molecule has 0 aliphatic heterocycles. The molecule has 3 heteroatoms. The highest BCUT2D eigenvalue weighted by Gasteiger charge is 2.29. The van der Waals surface area contributed by atoms with Crippen LogP contribution in [0.15, 0.2) is 18.3 Å². The van der Waals surface area contributed by atoms with Gasteiger partial charge in [-0.15, -0.1) is 0 Å². The summed E-state index contributed by atoms with van der Waals surface area (Å²) in [5, 5.41) is 6.88. The number of aromatic nitrogens is 1. The smallest absolute Gasteiger partial charge is 0.127 e. The molecule has 3 atom stereocenters. The van der Waals surface area contributed by atoms with Crippen molar-refractivity contribution in [1.29, 1.82) is 0 Å². The predicted molar refractivity (Wildman–Crippen MR) is 73.4 cm³/mol. The van der Waals surface area contributed by atoms with E-state index in [0.717, 1.165) is 24.2 Å². The molecule has 1 aliphatic rings. The molecule has 1 aromatic rings. The third kappa shape index (κ3) is 2.90. The van der Waals surface area contributed by atoms with E-state index >= 15 is 0 Å². The van der Waals surface area contributed by atoms with Crippen LogP contribution in [-0.4, -0.2) is 17.6 Å². The van der Waals surface area contributed by atoms with Gasteiger partial charge in [-0.3, -0.25) is 0 Å². The molecule has 0 saturated heterocycles. The Morgan fingerprint density at radius 2 is 2.18 bits per heavy atom.